The second kappa shape index (κ2) is 10.9. The van der Waals surface area contributed by atoms with Gasteiger partial charge in [0, 0.05) is 6.42 Å². The predicted molar refractivity (Wildman–Crippen MR) is 65.2 cm³/mol. The molecule has 0 amide bonds. The number of unbranched alkanes of at least 4 members (excludes halogenated alkanes) is 4. The highest BCUT2D eigenvalue weighted by Crippen LogP contribution is 2.05. The third kappa shape index (κ3) is 9.97. The normalized spacial score (nSPS) is 12.4. The van der Waals surface area contributed by atoms with Crippen molar-refractivity contribution in [1.29, 1.82) is 0 Å². The Kier molecular flexibility index (Phi) is 10.5. The molecule has 0 aromatic carbocycles. The molecule has 0 bridgehead atoms. The summed E-state index contributed by atoms with van der Waals surface area (Å²) in [6.45, 7) is 4.39. The van der Waals surface area contributed by atoms with Crippen molar-refractivity contribution in [2.75, 3.05) is 6.61 Å². The highest BCUT2D eigenvalue weighted by atomic mass is 16.5. The van der Waals surface area contributed by atoms with Crippen molar-refractivity contribution < 1.29 is 14.6 Å². The van der Waals surface area contributed by atoms with Crippen LogP contribution in [0.3, 0.4) is 0 Å². The minimum Gasteiger partial charge on any atom is -0.463 e. The highest BCUT2D eigenvalue weighted by molar-refractivity contribution is 5.69. The van der Waals surface area contributed by atoms with Gasteiger partial charge in [-0.25, -0.2) is 0 Å². The Bertz CT molecular complexity index is 169. The van der Waals surface area contributed by atoms with E-state index in [4.69, 9.17) is 4.74 Å². The zero-order valence-corrected chi connectivity index (χ0v) is 10.7. The summed E-state index contributed by atoms with van der Waals surface area (Å²) >= 11 is 0. The summed E-state index contributed by atoms with van der Waals surface area (Å²) in [5, 5.41) is 9.52. The van der Waals surface area contributed by atoms with Crippen LogP contribution < -0.4 is 0 Å². The molecule has 0 saturated carbocycles. The van der Waals surface area contributed by atoms with Crippen LogP contribution in [-0.2, 0) is 9.53 Å². The molecule has 0 aromatic heterocycles. The fourth-order valence-corrected chi connectivity index (χ4v) is 1.49. The van der Waals surface area contributed by atoms with Gasteiger partial charge in [0.1, 0.15) is 6.61 Å². The smallest absolute Gasteiger partial charge is 0.305 e. The lowest BCUT2D eigenvalue weighted by Gasteiger charge is -2.10. The zero-order chi connectivity index (χ0) is 12.2. The van der Waals surface area contributed by atoms with E-state index < -0.39 is 6.10 Å². The Morgan fingerprint density at radius 1 is 1.12 bits per heavy atom. The number of carbonyl (C=O) groups is 1. The van der Waals surface area contributed by atoms with Crippen LogP contribution in [0.4, 0.5) is 0 Å². The molecule has 0 radical (unpaired) electrons. The lowest BCUT2D eigenvalue weighted by molar-refractivity contribution is -0.146. The molecule has 0 aliphatic carbocycles. The number of aliphatic hydroxyl groups is 1. The average Bonchev–Trinajstić information content (AvgIpc) is 2.27. The molecule has 0 fully saturated rings. The van der Waals surface area contributed by atoms with E-state index in [9.17, 15) is 9.90 Å². The lowest BCUT2D eigenvalue weighted by Crippen LogP contribution is -2.18. The van der Waals surface area contributed by atoms with Gasteiger partial charge in [0.05, 0.1) is 6.10 Å². The number of esters is 1. The number of rotatable bonds is 10. The first-order valence-corrected chi connectivity index (χ1v) is 6.54. The molecule has 0 saturated heterocycles. The van der Waals surface area contributed by atoms with E-state index >= 15 is 0 Å². The van der Waals surface area contributed by atoms with Crippen LogP contribution in [-0.4, -0.2) is 23.8 Å². The first-order chi connectivity index (χ1) is 7.70. The zero-order valence-electron chi connectivity index (χ0n) is 10.7. The largest absolute Gasteiger partial charge is 0.463 e. The first-order valence-electron chi connectivity index (χ1n) is 6.54. The molecule has 0 aliphatic rings. The second-order valence-electron chi connectivity index (χ2n) is 4.29. The Morgan fingerprint density at radius 3 is 2.38 bits per heavy atom. The van der Waals surface area contributed by atoms with Gasteiger partial charge in [-0.05, 0) is 12.8 Å². The summed E-state index contributed by atoms with van der Waals surface area (Å²) in [5.74, 6) is -0.178. The van der Waals surface area contributed by atoms with Gasteiger partial charge in [-0.1, -0.05) is 46.0 Å². The highest BCUT2D eigenvalue weighted by Gasteiger charge is 2.08. The van der Waals surface area contributed by atoms with Crippen molar-refractivity contribution in [2.24, 2.45) is 0 Å². The predicted octanol–water partition coefficient (Wildman–Crippen LogP) is 3.05. The molecule has 3 nitrogen and oxygen atoms in total. The van der Waals surface area contributed by atoms with Crippen LogP contribution in [0.5, 0.6) is 0 Å². The molecule has 96 valence electrons. The van der Waals surface area contributed by atoms with Crippen LogP contribution in [0, 0.1) is 0 Å². The van der Waals surface area contributed by atoms with E-state index in [2.05, 4.69) is 13.8 Å². The fraction of sp³-hybridized carbons (Fsp3) is 0.923. The quantitative estimate of drug-likeness (QED) is 0.463. The fourth-order valence-electron chi connectivity index (χ4n) is 1.49. The van der Waals surface area contributed by atoms with E-state index in [1.165, 1.54) is 0 Å². The van der Waals surface area contributed by atoms with Gasteiger partial charge in [0.25, 0.3) is 0 Å². The summed E-state index contributed by atoms with van der Waals surface area (Å²) in [4.78, 5) is 11.2. The van der Waals surface area contributed by atoms with Crippen LogP contribution in [0.25, 0.3) is 0 Å². The minimum atomic E-state index is -0.485. The number of carbonyl (C=O) groups excluding carboxylic acids is 1. The van der Waals surface area contributed by atoms with E-state index in [1.54, 1.807) is 0 Å². The molecule has 16 heavy (non-hydrogen) atoms. The van der Waals surface area contributed by atoms with Gasteiger partial charge in [-0.2, -0.15) is 0 Å². The molecule has 0 aliphatic heterocycles. The second-order valence-corrected chi connectivity index (χ2v) is 4.29. The van der Waals surface area contributed by atoms with Crippen LogP contribution >= 0.6 is 0 Å². The maximum absolute atomic E-state index is 11.2. The maximum Gasteiger partial charge on any atom is 0.305 e. The summed E-state index contributed by atoms with van der Waals surface area (Å²) in [6.07, 6.45) is 7.06. The standard InChI is InChI=1S/C13H26O3/c1-3-5-7-9-12(14)11-16-13(15)10-8-6-4-2/h12,14H,3-11H2,1-2H3. The summed E-state index contributed by atoms with van der Waals surface area (Å²) in [7, 11) is 0. The van der Waals surface area contributed by atoms with E-state index in [1.807, 2.05) is 0 Å². The third-order valence-electron chi connectivity index (χ3n) is 2.56. The van der Waals surface area contributed by atoms with E-state index in [0.29, 0.717) is 6.42 Å². The Balaban J connectivity index is 3.36. The molecule has 0 heterocycles. The molecule has 0 aromatic rings. The van der Waals surface area contributed by atoms with Gasteiger partial charge in [-0.3, -0.25) is 4.79 Å². The van der Waals surface area contributed by atoms with Gasteiger partial charge in [0.2, 0.25) is 0 Å². The van der Waals surface area contributed by atoms with Crippen molar-refractivity contribution in [3.05, 3.63) is 0 Å². The van der Waals surface area contributed by atoms with E-state index in [-0.39, 0.29) is 12.6 Å². The maximum atomic E-state index is 11.2. The van der Waals surface area contributed by atoms with Gasteiger partial charge >= 0.3 is 5.97 Å². The molecule has 3 heteroatoms. The number of ether oxygens (including phenoxy) is 1. The van der Waals surface area contributed by atoms with Crippen molar-refractivity contribution in [2.45, 2.75) is 71.3 Å². The average molecular weight is 230 g/mol. The minimum absolute atomic E-state index is 0.161. The number of aliphatic hydroxyl groups excluding tert-OH is 1. The van der Waals surface area contributed by atoms with Crippen molar-refractivity contribution in [1.82, 2.24) is 0 Å². The molecule has 0 spiro atoms. The van der Waals surface area contributed by atoms with Crippen molar-refractivity contribution >= 4 is 5.97 Å². The SMILES string of the molecule is CCCCCC(=O)OCC(O)CCCCC. The third-order valence-corrected chi connectivity index (χ3v) is 2.56. The monoisotopic (exact) mass is 230 g/mol. The lowest BCUT2D eigenvalue weighted by atomic mass is 10.1. The van der Waals surface area contributed by atoms with E-state index in [0.717, 1.165) is 44.9 Å². The summed E-state index contributed by atoms with van der Waals surface area (Å²) in [6, 6.07) is 0. The van der Waals surface area contributed by atoms with Gasteiger partial charge in [-0.15, -0.1) is 0 Å². The van der Waals surface area contributed by atoms with Gasteiger partial charge < -0.3 is 9.84 Å². The molecule has 0 rings (SSSR count). The van der Waals surface area contributed by atoms with Crippen LogP contribution in [0.2, 0.25) is 0 Å². The Morgan fingerprint density at radius 2 is 1.75 bits per heavy atom. The molecular formula is C13H26O3. The van der Waals surface area contributed by atoms with Crippen LogP contribution in [0.15, 0.2) is 0 Å². The molecule has 1 N–H and O–H groups in total. The number of hydrogen-bond donors (Lipinski definition) is 1. The molecular weight excluding hydrogens is 204 g/mol. The first kappa shape index (κ1) is 15.4. The summed E-state index contributed by atoms with van der Waals surface area (Å²) < 4.78 is 4.99. The van der Waals surface area contributed by atoms with Gasteiger partial charge in [0.15, 0.2) is 0 Å². The molecule has 1 unspecified atom stereocenters. The van der Waals surface area contributed by atoms with Crippen molar-refractivity contribution in [3.63, 3.8) is 0 Å². The number of hydrogen-bond acceptors (Lipinski definition) is 3. The Hall–Kier alpha value is -0.570. The Labute approximate surface area is 99.2 Å². The topological polar surface area (TPSA) is 46.5 Å². The van der Waals surface area contributed by atoms with Crippen molar-refractivity contribution in [3.8, 4) is 0 Å². The van der Waals surface area contributed by atoms with Crippen LogP contribution in [0.1, 0.15) is 65.2 Å². The molecule has 1 atom stereocenters. The summed E-state index contributed by atoms with van der Waals surface area (Å²) in [5.41, 5.74) is 0.